The molecule has 0 fully saturated rings. The maximum absolute atomic E-state index is 13.2. The van der Waals surface area contributed by atoms with Gasteiger partial charge in [0.15, 0.2) is 0 Å². The molecule has 2 rings (SSSR count). The van der Waals surface area contributed by atoms with Gasteiger partial charge in [0.25, 0.3) is 0 Å². The molecule has 0 saturated carbocycles. The third-order valence-corrected chi connectivity index (χ3v) is 4.12. The Morgan fingerprint density at radius 2 is 1.68 bits per heavy atom. The highest BCUT2D eigenvalue weighted by Gasteiger charge is 2.32. The first-order valence-electron chi connectivity index (χ1n) is 8.32. The number of anilines is 1. The van der Waals surface area contributed by atoms with E-state index >= 15 is 0 Å². The van der Waals surface area contributed by atoms with Crippen LogP contribution in [0.1, 0.15) is 25.0 Å². The van der Waals surface area contributed by atoms with Gasteiger partial charge in [0.1, 0.15) is 5.82 Å². The lowest BCUT2D eigenvalue weighted by atomic mass is 10.0. The van der Waals surface area contributed by atoms with E-state index in [0.717, 1.165) is 37.3 Å². The predicted molar refractivity (Wildman–Crippen MR) is 95.6 cm³/mol. The Morgan fingerprint density at radius 1 is 1.00 bits per heavy atom. The largest absolute Gasteiger partial charge is 0.416 e. The molecule has 0 bridgehead atoms. The minimum Gasteiger partial charge on any atom is -0.363 e. The Bertz CT molecular complexity index is 707. The summed E-state index contributed by atoms with van der Waals surface area (Å²) in [6, 6.07) is 9.76. The number of rotatable bonds is 6. The Hall–Kier alpha value is -2.08. The molecule has 0 radical (unpaired) electrons. The SMILES string of the molecule is CCN(CC)Cc1cccc(-c2cc(C(F)(F)F)cc(N(C)C)n2)c1. The molecule has 6 heteroatoms. The standard InChI is InChI=1S/C19H24F3N3/c1-5-25(6-2)13-14-8-7-9-15(10-14)17-11-16(19(20,21)22)12-18(23-17)24(3)4/h7-12H,5-6,13H2,1-4H3. The molecule has 1 aromatic carbocycles. The van der Waals surface area contributed by atoms with Crippen molar-refractivity contribution in [1.29, 1.82) is 0 Å². The lowest BCUT2D eigenvalue weighted by Gasteiger charge is -2.19. The van der Waals surface area contributed by atoms with Gasteiger partial charge < -0.3 is 4.90 Å². The van der Waals surface area contributed by atoms with Gasteiger partial charge in [0.2, 0.25) is 0 Å². The van der Waals surface area contributed by atoms with Crippen molar-refractivity contribution in [3.05, 3.63) is 47.5 Å². The Kier molecular flexibility index (Phi) is 6.06. The van der Waals surface area contributed by atoms with Crippen LogP contribution >= 0.6 is 0 Å². The van der Waals surface area contributed by atoms with E-state index in [-0.39, 0.29) is 0 Å². The maximum Gasteiger partial charge on any atom is 0.416 e. The van der Waals surface area contributed by atoms with E-state index in [4.69, 9.17) is 0 Å². The van der Waals surface area contributed by atoms with Gasteiger partial charge in [-0.3, -0.25) is 4.90 Å². The number of hydrogen-bond acceptors (Lipinski definition) is 3. The molecule has 0 spiro atoms. The molecule has 0 atom stereocenters. The zero-order valence-electron chi connectivity index (χ0n) is 15.1. The summed E-state index contributed by atoms with van der Waals surface area (Å²) in [4.78, 5) is 8.23. The van der Waals surface area contributed by atoms with E-state index in [9.17, 15) is 13.2 Å². The molecule has 0 aliphatic rings. The first kappa shape index (κ1) is 19.2. The molecule has 2 aromatic rings. The third kappa shape index (κ3) is 4.95. The highest BCUT2D eigenvalue weighted by atomic mass is 19.4. The van der Waals surface area contributed by atoms with Gasteiger partial charge in [-0.1, -0.05) is 32.0 Å². The fourth-order valence-electron chi connectivity index (χ4n) is 2.59. The van der Waals surface area contributed by atoms with Gasteiger partial charge in [0, 0.05) is 26.2 Å². The molecule has 136 valence electrons. The summed E-state index contributed by atoms with van der Waals surface area (Å²) in [7, 11) is 3.37. The highest BCUT2D eigenvalue weighted by Crippen LogP contribution is 2.34. The van der Waals surface area contributed by atoms with E-state index in [2.05, 4.69) is 23.7 Å². The summed E-state index contributed by atoms with van der Waals surface area (Å²) in [5, 5.41) is 0. The van der Waals surface area contributed by atoms with Crippen LogP contribution in [0.15, 0.2) is 36.4 Å². The van der Waals surface area contributed by atoms with Gasteiger partial charge in [-0.2, -0.15) is 13.2 Å². The summed E-state index contributed by atoms with van der Waals surface area (Å²) in [6.45, 7) is 6.79. The van der Waals surface area contributed by atoms with Gasteiger partial charge in [-0.25, -0.2) is 4.98 Å². The minimum atomic E-state index is -4.40. The molecule has 1 aromatic heterocycles. The molecule has 0 amide bonds. The molecule has 0 saturated heterocycles. The average molecular weight is 351 g/mol. The van der Waals surface area contributed by atoms with Crippen molar-refractivity contribution in [2.45, 2.75) is 26.6 Å². The van der Waals surface area contributed by atoms with Crippen LogP contribution in [0.3, 0.4) is 0 Å². The summed E-state index contributed by atoms with van der Waals surface area (Å²) in [5.41, 5.74) is 1.40. The molecule has 3 nitrogen and oxygen atoms in total. The lowest BCUT2D eigenvalue weighted by molar-refractivity contribution is -0.137. The molecule has 1 heterocycles. The number of benzene rings is 1. The number of pyridine rings is 1. The van der Waals surface area contributed by atoms with Gasteiger partial charge >= 0.3 is 6.18 Å². The zero-order valence-corrected chi connectivity index (χ0v) is 15.1. The zero-order chi connectivity index (χ0) is 18.6. The van der Waals surface area contributed by atoms with Crippen molar-refractivity contribution in [2.24, 2.45) is 0 Å². The number of hydrogen-bond donors (Lipinski definition) is 0. The average Bonchev–Trinajstić information content (AvgIpc) is 2.58. The van der Waals surface area contributed by atoms with Crippen LogP contribution < -0.4 is 4.90 Å². The van der Waals surface area contributed by atoms with Crippen molar-refractivity contribution >= 4 is 5.82 Å². The molecular weight excluding hydrogens is 327 g/mol. The van der Waals surface area contributed by atoms with Crippen LogP contribution in [0.25, 0.3) is 11.3 Å². The van der Waals surface area contributed by atoms with Crippen LogP contribution in [-0.2, 0) is 12.7 Å². The normalized spacial score (nSPS) is 11.8. The first-order valence-corrected chi connectivity index (χ1v) is 8.32. The Balaban J connectivity index is 2.45. The van der Waals surface area contributed by atoms with Crippen molar-refractivity contribution in [2.75, 3.05) is 32.1 Å². The second-order valence-electron chi connectivity index (χ2n) is 6.15. The van der Waals surface area contributed by atoms with E-state index in [1.54, 1.807) is 25.1 Å². The molecule has 0 aliphatic carbocycles. The third-order valence-electron chi connectivity index (χ3n) is 4.12. The molecule has 25 heavy (non-hydrogen) atoms. The molecular formula is C19H24F3N3. The minimum absolute atomic E-state index is 0.291. The number of alkyl halides is 3. The monoisotopic (exact) mass is 351 g/mol. The second-order valence-corrected chi connectivity index (χ2v) is 6.15. The lowest BCUT2D eigenvalue weighted by Crippen LogP contribution is -2.22. The molecule has 0 aliphatic heterocycles. The van der Waals surface area contributed by atoms with Crippen molar-refractivity contribution in [3.8, 4) is 11.3 Å². The summed E-state index contributed by atoms with van der Waals surface area (Å²) in [6.07, 6.45) is -4.40. The van der Waals surface area contributed by atoms with Gasteiger partial charge in [-0.15, -0.1) is 0 Å². The topological polar surface area (TPSA) is 19.4 Å². The first-order chi connectivity index (χ1) is 11.7. The fraction of sp³-hybridized carbons (Fsp3) is 0.421. The van der Waals surface area contributed by atoms with Gasteiger partial charge in [-0.05, 0) is 36.9 Å². The predicted octanol–water partition coefficient (Wildman–Crippen LogP) is 4.68. The van der Waals surface area contributed by atoms with Crippen molar-refractivity contribution in [3.63, 3.8) is 0 Å². The van der Waals surface area contributed by atoms with Crippen LogP contribution in [0.4, 0.5) is 19.0 Å². The second kappa shape index (κ2) is 7.87. The quantitative estimate of drug-likeness (QED) is 0.754. The molecule has 0 N–H and O–H groups in total. The van der Waals surface area contributed by atoms with Crippen LogP contribution in [0.5, 0.6) is 0 Å². The van der Waals surface area contributed by atoms with Crippen molar-refractivity contribution in [1.82, 2.24) is 9.88 Å². The maximum atomic E-state index is 13.2. The Morgan fingerprint density at radius 3 is 2.24 bits per heavy atom. The number of halogens is 3. The highest BCUT2D eigenvalue weighted by molar-refractivity contribution is 5.64. The molecule has 0 unspecified atom stereocenters. The van der Waals surface area contributed by atoms with Crippen LogP contribution in [0, 0.1) is 0 Å². The van der Waals surface area contributed by atoms with Crippen LogP contribution in [0.2, 0.25) is 0 Å². The van der Waals surface area contributed by atoms with E-state index in [0.29, 0.717) is 17.1 Å². The number of aromatic nitrogens is 1. The summed E-state index contributed by atoms with van der Waals surface area (Å²) < 4.78 is 39.7. The van der Waals surface area contributed by atoms with E-state index < -0.39 is 11.7 Å². The van der Waals surface area contributed by atoms with E-state index in [1.165, 1.54) is 0 Å². The van der Waals surface area contributed by atoms with Gasteiger partial charge in [0.05, 0.1) is 11.3 Å². The fourth-order valence-corrected chi connectivity index (χ4v) is 2.59. The summed E-state index contributed by atoms with van der Waals surface area (Å²) in [5.74, 6) is 0.291. The summed E-state index contributed by atoms with van der Waals surface area (Å²) >= 11 is 0. The Labute approximate surface area is 147 Å². The van der Waals surface area contributed by atoms with E-state index in [1.807, 2.05) is 18.2 Å². The number of nitrogens with zero attached hydrogens (tertiary/aromatic N) is 3. The smallest absolute Gasteiger partial charge is 0.363 e. The van der Waals surface area contributed by atoms with Crippen molar-refractivity contribution < 1.29 is 13.2 Å². The van der Waals surface area contributed by atoms with Crippen LogP contribution in [-0.4, -0.2) is 37.1 Å².